The number of nitrogens with zero attached hydrogens (tertiary/aromatic N) is 2. The number of halogens is 5. The van der Waals surface area contributed by atoms with Gasteiger partial charge in [0.05, 0.1) is 16.6 Å². The molecule has 1 aliphatic rings. The standard InChI is InChI=1S/C24H20F5N3/c25-15-5-7-19-18(11-15)17(9-10-30-19)13-1-3-14(4-2-13)22(24(27,28)29)23-31-20-8-6-16(26)12-21(20)32-23/h5-14,22H,1-4H2,(H,31,32). The zero-order valence-corrected chi connectivity index (χ0v) is 17.0. The molecule has 1 saturated carbocycles. The fourth-order valence-electron chi connectivity index (χ4n) is 5.05. The summed E-state index contributed by atoms with van der Waals surface area (Å²) in [5, 5.41) is 0.711. The normalized spacial score (nSPS) is 20.7. The number of hydrogen-bond acceptors (Lipinski definition) is 2. The Morgan fingerprint density at radius 3 is 2.28 bits per heavy atom. The molecule has 1 N–H and O–H groups in total. The van der Waals surface area contributed by atoms with Gasteiger partial charge in [-0.3, -0.25) is 4.98 Å². The molecule has 0 spiro atoms. The van der Waals surface area contributed by atoms with Crippen LogP contribution in [0.3, 0.4) is 0 Å². The molecule has 8 heteroatoms. The van der Waals surface area contributed by atoms with Crippen molar-refractivity contribution in [2.24, 2.45) is 5.92 Å². The lowest BCUT2D eigenvalue weighted by Gasteiger charge is -2.34. The molecule has 4 aromatic rings. The minimum absolute atomic E-state index is 0.0391. The summed E-state index contributed by atoms with van der Waals surface area (Å²) in [6, 6.07) is 9.96. The molecule has 0 amide bonds. The fraction of sp³-hybridized carbons (Fsp3) is 0.333. The molecule has 1 atom stereocenters. The molecule has 3 nitrogen and oxygen atoms in total. The first-order valence-electron chi connectivity index (χ1n) is 10.6. The maximum absolute atomic E-state index is 14.1. The number of fused-ring (bicyclic) bond motifs is 2. The Kier molecular flexibility index (Phi) is 5.10. The van der Waals surface area contributed by atoms with Gasteiger partial charge in [0.1, 0.15) is 23.4 Å². The molecular formula is C24H20F5N3. The first-order chi connectivity index (χ1) is 15.3. The zero-order chi connectivity index (χ0) is 22.5. The van der Waals surface area contributed by atoms with E-state index in [0.29, 0.717) is 42.1 Å². The van der Waals surface area contributed by atoms with Gasteiger partial charge in [-0.15, -0.1) is 0 Å². The van der Waals surface area contributed by atoms with Crippen LogP contribution in [0.4, 0.5) is 22.0 Å². The third kappa shape index (κ3) is 3.82. The van der Waals surface area contributed by atoms with Crippen LogP contribution in [-0.2, 0) is 0 Å². The molecule has 166 valence electrons. The highest BCUT2D eigenvalue weighted by molar-refractivity contribution is 5.82. The summed E-state index contributed by atoms with van der Waals surface area (Å²) in [5.41, 5.74) is 2.17. The number of aromatic amines is 1. The Morgan fingerprint density at radius 1 is 0.875 bits per heavy atom. The van der Waals surface area contributed by atoms with Gasteiger partial charge in [0.2, 0.25) is 0 Å². The molecule has 0 radical (unpaired) electrons. The topological polar surface area (TPSA) is 41.6 Å². The Morgan fingerprint density at radius 2 is 1.56 bits per heavy atom. The smallest absolute Gasteiger partial charge is 0.341 e. The van der Waals surface area contributed by atoms with Crippen molar-refractivity contribution < 1.29 is 22.0 Å². The van der Waals surface area contributed by atoms with Crippen LogP contribution in [-0.4, -0.2) is 21.1 Å². The van der Waals surface area contributed by atoms with Crippen molar-refractivity contribution in [2.45, 2.75) is 43.7 Å². The highest BCUT2D eigenvalue weighted by atomic mass is 19.4. The minimum atomic E-state index is -4.48. The molecule has 1 fully saturated rings. The van der Waals surface area contributed by atoms with E-state index in [1.54, 1.807) is 12.3 Å². The van der Waals surface area contributed by atoms with Crippen molar-refractivity contribution in [2.75, 3.05) is 0 Å². The lowest BCUT2D eigenvalue weighted by Crippen LogP contribution is -2.31. The second kappa shape index (κ2) is 7.83. The largest absolute Gasteiger partial charge is 0.399 e. The molecule has 0 aliphatic heterocycles. The number of benzene rings is 2. The first-order valence-corrected chi connectivity index (χ1v) is 10.6. The Hall–Kier alpha value is -3.03. The number of rotatable bonds is 3. The number of imidazole rings is 1. The summed E-state index contributed by atoms with van der Waals surface area (Å²) in [4.78, 5) is 11.1. The number of pyridine rings is 1. The van der Waals surface area contributed by atoms with Crippen LogP contribution in [0.15, 0.2) is 48.7 Å². The molecule has 0 saturated heterocycles. The van der Waals surface area contributed by atoms with E-state index in [4.69, 9.17) is 0 Å². The highest BCUT2D eigenvalue weighted by Gasteiger charge is 2.48. The van der Waals surface area contributed by atoms with Gasteiger partial charge in [0, 0.05) is 11.6 Å². The van der Waals surface area contributed by atoms with Gasteiger partial charge in [-0.05, 0) is 85.5 Å². The number of nitrogens with one attached hydrogen (secondary N) is 1. The van der Waals surface area contributed by atoms with Gasteiger partial charge in [-0.1, -0.05) is 0 Å². The van der Waals surface area contributed by atoms with Gasteiger partial charge in [0.15, 0.2) is 0 Å². The van der Waals surface area contributed by atoms with Gasteiger partial charge in [-0.25, -0.2) is 13.8 Å². The van der Waals surface area contributed by atoms with Crippen molar-refractivity contribution in [3.05, 3.63) is 71.7 Å². The van der Waals surface area contributed by atoms with E-state index >= 15 is 0 Å². The average Bonchev–Trinajstić information content (AvgIpc) is 3.15. The maximum atomic E-state index is 14.1. The van der Waals surface area contributed by atoms with E-state index in [-0.39, 0.29) is 23.1 Å². The van der Waals surface area contributed by atoms with Crippen molar-refractivity contribution in [1.29, 1.82) is 0 Å². The number of hydrogen-bond donors (Lipinski definition) is 1. The van der Waals surface area contributed by atoms with Crippen LogP contribution in [0.1, 0.15) is 48.9 Å². The lowest BCUT2D eigenvalue weighted by molar-refractivity contribution is -0.166. The summed E-state index contributed by atoms with van der Waals surface area (Å²) in [7, 11) is 0. The predicted molar refractivity (Wildman–Crippen MR) is 111 cm³/mol. The third-order valence-electron chi connectivity index (χ3n) is 6.53. The van der Waals surface area contributed by atoms with Gasteiger partial charge in [-0.2, -0.15) is 13.2 Å². The second-order valence-corrected chi connectivity index (χ2v) is 8.48. The SMILES string of the molecule is Fc1ccc2nc(C(C3CCC(c4ccnc5ccc(F)cc45)CC3)C(F)(F)F)[nH]c2c1. The van der Waals surface area contributed by atoms with Crippen LogP contribution in [0.25, 0.3) is 21.9 Å². The summed E-state index contributed by atoms with van der Waals surface area (Å²) in [5.74, 6) is -3.40. The second-order valence-electron chi connectivity index (χ2n) is 8.48. The number of alkyl halides is 3. The van der Waals surface area contributed by atoms with E-state index < -0.39 is 23.8 Å². The minimum Gasteiger partial charge on any atom is -0.341 e. The highest BCUT2D eigenvalue weighted by Crippen LogP contribution is 2.48. The molecule has 0 bridgehead atoms. The van der Waals surface area contributed by atoms with E-state index in [2.05, 4.69) is 15.0 Å². The van der Waals surface area contributed by atoms with Crippen molar-refractivity contribution in [1.82, 2.24) is 15.0 Å². The van der Waals surface area contributed by atoms with Gasteiger partial charge in [0.25, 0.3) is 0 Å². The molecule has 32 heavy (non-hydrogen) atoms. The van der Waals surface area contributed by atoms with Crippen LogP contribution in [0.5, 0.6) is 0 Å². The first kappa shape index (κ1) is 20.8. The summed E-state index contributed by atoms with van der Waals surface area (Å²) in [6.07, 6.45) is -0.980. The summed E-state index contributed by atoms with van der Waals surface area (Å²) in [6.45, 7) is 0. The van der Waals surface area contributed by atoms with Gasteiger partial charge < -0.3 is 4.98 Å². The monoisotopic (exact) mass is 445 g/mol. The van der Waals surface area contributed by atoms with Crippen LogP contribution in [0.2, 0.25) is 0 Å². The molecule has 2 aromatic heterocycles. The fourth-order valence-corrected chi connectivity index (χ4v) is 5.05. The van der Waals surface area contributed by atoms with Gasteiger partial charge >= 0.3 is 6.18 Å². The van der Waals surface area contributed by atoms with Crippen molar-refractivity contribution >= 4 is 21.9 Å². The van der Waals surface area contributed by atoms with Crippen LogP contribution < -0.4 is 0 Å². The molecule has 1 aliphatic carbocycles. The lowest BCUT2D eigenvalue weighted by atomic mass is 9.73. The molecule has 2 heterocycles. The summed E-state index contributed by atoms with van der Waals surface area (Å²) < 4.78 is 69.5. The molecule has 2 aromatic carbocycles. The van der Waals surface area contributed by atoms with Crippen molar-refractivity contribution in [3.63, 3.8) is 0 Å². The quantitative estimate of drug-likeness (QED) is 0.345. The summed E-state index contributed by atoms with van der Waals surface area (Å²) >= 11 is 0. The Bertz CT molecular complexity index is 1270. The Balaban J connectivity index is 1.41. The predicted octanol–water partition coefficient (Wildman–Crippen LogP) is 7.01. The number of aromatic nitrogens is 3. The zero-order valence-electron chi connectivity index (χ0n) is 17.0. The van der Waals surface area contributed by atoms with E-state index in [9.17, 15) is 22.0 Å². The number of H-pyrrole nitrogens is 1. The van der Waals surface area contributed by atoms with Crippen LogP contribution >= 0.6 is 0 Å². The Labute approximate surface area is 180 Å². The third-order valence-corrected chi connectivity index (χ3v) is 6.53. The molecule has 5 rings (SSSR count). The van der Waals surface area contributed by atoms with Crippen LogP contribution in [0, 0.1) is 17.6 Å². The van der Waals surface area contributed by atoms with E-state index in [1.807, 2.05) is 6.07 Å². The molecule has 1 unspecified atom stereocenters. The van der Waals surface area contributed by atoms with E-state index in [1.165, 1.54) is 24.3 Å². The van der Waals surface area contributed by atoms with Crippen molar-refractivity contribution in [3.8, 4) is 0 Å². The average molecular weight is 445 g/mol. The molecular weight excluding hydrogens is 425 g/mol. The van der Waals surface area contributed by atoms with E-state index in [0.717, 1.165) is 11.6 Å². The maximum Gasteiger partial charge on any atom is 0.399 e.